The summed E-state index contributed by atoms with van der Waals surface area (Å²) in [7, 11) is 5.78. The van der Waals surface area contributed by atoms with Crippen molar-refractivity contribution < 1.29 is 4.79 Å². The van der Waals surface area contributed by atoms with Gasteiger partial charge < -0.3 is 10.2 Å². The van der Waals surface area contributed by atoms with Crippen molar-refractivity contribution in [2.45, 2.75) is 18.9 Å². The van der Waals surface area contributed by atoms with Crippen LogP contribution in [0.15, 0.2) is 35.3 Å². The quantitative estimate of drug-likeness (QED) is 0.512. The van der Waals surface area contributed by atoms with Gasteiger partial charge in [-0.25, -0.2) is 4.99 Å². The predicted molar refractivity (Wildman–Crippen MR) is 96.4 cm³/mol. The molecule has 0 aromatic heterocycles. The molecule has 2 rings (SSSR count). The first-order chi connectivity index (χ1) is 11.5. The minimum absolute atomic E-state index is 0.191. The van der Waals surface area contributed by atoms with Gasteiger partial charge >= 0.3 is 0 Å². The first-order valence-corrected chi connectivity index (χ1v) is 7.94. The Bertz CT molecular complexity index is 687. The number of amides is 1. The number of nitrogens with zero attached hydrogens (tertiary/aromatic N) is 4. The van der Waals surface area contributed by atoms with Crippen LogP contribution in [0.4, 0.5) is 11.4 Å². The molecule has 1 saturated heterocycles. The molecule has 126 valence electrons. The van der Waals surface area contributed by atoms with Gasteiger partial charge in [-0.2, -0.15) is 5.26 Å². The molecule has 1 amide bonds. The average Bonchev–Trinajstić information content (AvgIpc) is 2.96. The highest BCUT2D eigenvalue weighted by Gasteiger charge is 2.17. The monoisotopic (exact) mass is 325 g/mol. The van der Waals surface area contributed by atoms with Crippen molar-refractivity contribution in [3.05, 3.63) is 35.9 Å². The largest absolute Gasteiger partial charge is 0.369 e. The third-order valence-electron chi connectivity index (χ3n) is 3.86. The Morgan fingerprint density at radius 2 is 2.29 bits per heavy atom. The van der Waals surface area contributed by atoms with E-state index < -0.39 is 0 Å². The van der Waals surface area contributed by atoms with Crippen molar-refractivity contribution in [2.24, 2.45) is 4.99 Å². The van der Waals surface area contributed by atoms with Gasteiger partial charge in [0, 0.05) is 31.9 Å². The molecule has 1 aliphatic rings. The molecule has 0 aliphatic carbocycles. The molecule has 1 atom stereocenters. The minimum Gasteiger partial charge on any atom is -0.369 e. The van der Waals surface area contributed by atoms with Crippen LogP contribution in [0.5, 0.6) is 0 Å². The molecular formula is C18H23N5O. The van der Waals surface area contributed by atoms with Crippen LogP contribution in [0.2, 0.25) is 0 Å². The SMILES string of the molecule is CN(C)/C=N/c1ccc(NC(=O)/C=C/[C@H]2CCCN2C)cc1C#N. The van der Waals surface area contributed by atoms with Crippen molar-refractivity contribution in [3.63, 3.8) is 0 Å². The maximum Gasteiger partial charge on any atom is 0.248 e. The second-order valence-electron chi connectivity index (χ2n) is 6.09. The summed E-state index contributed by atoms with van der Waals surface area (Å²) < 4.78 is 0. The van der Waals surface area contributed by atoms with Crippen LogP contribution >= 0.6 is 0 Å². The lowest BCUT2D eigenvalue weighted by Gasteiger charge is -2.14. The van der Waals surface area contributed by atoms with E-state index in [0.717, 1.165) is 19.4 Å². The maximum atomic E-state index is 12.0. The van der Waals surface area contributed by atoms with Crippen LogP contribution in [0, 0.1) is 11.3 Å². The number of nitrogens with one attached hydrogen (secondary N) is 1. The van der Waals surface area contributed by atoms with Gasteiger partial charge in [0.25, 0.3) is 0 Å². The molecule has 1 aromatic rings. The van der Waals surface area contributed by atoms with E-state index in [9.17, 15) is 10.1 Å². The molecule has 1 fully saturated rings. The van der Waals surface area contributed by atoms with Gasteiger partial charge in [0.15, 0.2) is 0 Å². The highest BCUT2D eigenvalue weighted by atomic mass is 16.1. The van der Waals surface area contributed by atoms with Crippen molar-refractivity contribution in [1.82, 2.24) is 9.80 Å². The molecule has 1 aromatic carbocycles. The fourth-order valence-corrected chi connectivity index (χ4v) is 2.56. The Kier molecular flexibility index (Phi) is 6.10. The number of carbonyl (C=O) groups is 1. The van der Waals surface area contributed by atoms with Gasteiger partial charge in [-0.3, -0.25) is 9.69 Å². The van der Waals surface area contributed by atoms with Gasteiger partial charge in [-0.05, 0) is 44.6 Å². The zero-order valence-electron chi connectivity index (χ0n) is 14.4. The topological polar surface area (TPSA) is 71.7 Å². The Morgan fingerprint density at radius 1 is 1.50 bits per heavy atom. The Balaban J connectivity index is 2.03. The zero-order chi connectivity index (χ0) is 17.5. The molecule has 6 heteroatoms. The molecule has 0 spiro atoms. The van der Waals surface area contributed by atoms with E-state index in [2.05, 4.69) is 28.3 Å². The summed E-state index contributed by atoms with van der Waals surface area (Å²) >= 11 is 0. The number of likely N-dealkylation sites (N-methyl/N-ethyl adjacent to an activating group) is 1. The number of carbonyl (C=O) groups excluding carboxylic acids is 1. The van der Waals surface area contributed by atoms with Crippen LogP contribution in [0.1, 0.15) is 18.4 Å². The van der Waals surface area contributed by atoms with Crippen molar-refractivity contribution in [3.8, 4) is 6.07 Å². The fraction of sp³-hybridized carbons (Fsp3) is 0.389. The first kappa shape index (κ1) is 17.7. The van der Waals surface area contributed by atoms with E-state index in [1.54, 1.807) is 35.5 Å². The van der Waals surface area contributed by atoms with Crippen molar-refractivity contribution in [2.75, 3.05) is 33.0 Å². The average molecular weight is 325 g/mol. The lowest BCUT2D eigenvalue weighted by Crippen LogP contribution is -2.23. The first-order valence-electron chi connectivity index (χ1n) is 7.94. The third kappa shape index (κ3) is 4.93. The summed E-state index contributed by atoms with van der Waals surface area (Å²) in [5, 5.41) is 12.0. The Hall–Kier alpha value is -2.65. The number of anilines is 1. The van der Waals surface area contributed by atoms with Gasteiger partial charge in [0.1, 0.15) is 6.07 Å². The van der Waals surface area contributed by atoms with E-state index in [0.29, 0.717) is 23.0 Å². The van der Waals surface area contributed by atoms with E-state index >= 15 is 0 Å². The number of benzene rings is 1. The van der Waals surface area contributed by atoms with Crippen molar-refractivity contribution in [1.29, 1.82) is 5.26 Å². The van der Waals surface area contributed by atoms with E-state index in [1.165, 1.54) is 0 Å². The van der Waals surface area contributed by atoms with Gasteiger partial charge in [0.2, 0.25) is 5.91 Å². The maximum absolute atomic E-state index is 12.0. The minimum atomic E-state index is -0.191. The van der Waals surface area contributed by atoms with Crippen LogP contribution < -0.4 is 5.32 Å². The molecule has 1 heterocycles. The second kappa shape index (κ2) is 8.27. The summed E-state index contributed by atoms with van der Waals surface area (Å²) in [6, 6.07) is 7.54. The fourth-order valence-electron chi connectivity index (χ4n) is 2.56. The highest BCUT2D eigenvalue weighted by Crippen LogP contribution is 2.22. The number of likely N-dealkylation sites (tertiary alicyclic amines) is 1. The Labute approximate surface area is 143 Å². The summed E-state index contributed by atoms with van der Waals surface area (Å²) in [5.41, 5.74) is 1.59. The van der Waals surface area contributed by atoms with E-state index in [4.69, 9.17) is 0 Å². The summed E-state index contributed by atoms with van der Waals surface area (Å²) in [6.07, 6.45) is 7.38. The Morgan fingerprint density at radius 3 is 2.92 bits per heavy atom. The normalized spacial score (nSPS) is 18.2. The summed E-state index contributed by atoms with van der Waals surface area (Å²) in [6.45, 7) is 1.07. The van der Waals surface area contributed by atoms with Gasteiger partial charge in [0.05, 0.1) is 17.6 Å². The zero-order valence-corrected chi connectivity index (χ0v) is 14.4. The van der Waals surface area contributed by atoms with Gasteiger partial charge in [-0.15, -0.1) is 0 Å². The van der Waals surface area contributed by atoms with Crippen molar-refractivity contribution >= 4 is 23.6 Å². The van der Waals surface area contributed by atoms with Crippen LogP contribution in [0.3, 0.4) is 0 Å². The molecule has 0 unspecified atom stereocenters. The summed E-state index contributed by atoms with van der Waals surface area (Å²) in [4.78, 5) is 20.3. The summed E-state index contributed by atoms with van der Waals surface area (Å²) in [5.74, 6) is -0.191. The number of hydrogen-bond donors (Lipinski definition) is 1. The van der Waals surface area contributed by atoms with Crippen LogP contribution in [-0.2, 0) is 4.79 Å². The second-order valence-corrected chi connectivity index (χ2v) is 6.09. The number of aliphatic imine (C=N–C) groups is 1. The molecule has 6 nitrogen and oxygen atoms in total. The van der Waals surface area contributed by atoms with E-state index in [-0.39, 0.29) is 5.91 Å². The molecular weight excluding hydrogens is 302 g/mol. The number of hydrogen-bond acceptors (Lipinski definition) is 4. The molecule has 0 radical (unpaired) electrons. The lowest BCUT2D eigenvalue weighted by atomic mass is 10.1. The van der Waals surface area contributed by atoms with Crippen LogP contribution in [0.25, 0.3) is 0 Å². The third-order valence-corrected chi connectivity index (χ3v) is 3.86. The molecule has 1 aliphatic heterocycles. The molecule has 0 saturated carbocycles. The highest BCUT2D eigenvalue weighted by molar-refractivity contribution is 5.99. The van der Waals surface area contributed by atoms with Crippen LogP contribution in [-0.4, -0.2) is 55.8 Å². The standard InChI is InChI=1S/C18H23N5O/c1-22(2)13-20-17-8-6-15(11-14(17)12-19)21-18(24)9-7-16-5-4-10-23(16)3/h6-9,11,13,16H,4-5,10H2,1-3H3,(H,21,24)/b9-7+,20-13+/t16-/m1/s1. The number of rotatable bonds is 5. The molecule has 1 N–H and O–H groups in total. The lowest BCUT2D eigenvalue weighted by molar-refractivity contribution is -0.111. The molecule has 0 bridgehead atoms. The predicted octanol–water partition coefficient (Wildman–Crippen LogP) is 2.37. The van der Waals surface area contributed by atoms with E-state index in [1.807, 2.05) is 20.2 Å². The smallest absolute Gasteiger partial charge is 0.248 e. The number of nitriles is 1. The molecule has 24 heavy (non-hydrogen) atoms. The van der Waals surface area contributed by atoms with Gasteiger partial charge in [-0.1, -0.05) is 6.08 Å².